The van der Waals surface area contributed by atoms with Crippen LogP contribution in [0.5, 0.6) is 0 Å². The molecule has 0 unspecified atom stereocenters. The largest absolute Gasteiger partial charge is 0.382 e. The molecule has 0 heterocycles. The van der Waals surface area contributed by atoms with Crippen LogP contribution in [0.3, 0.4) is 0 Å². The molecule has 28 heavy (non-hydrogen) atoms. The molecule has 152 valence electrons. The second-order valence-corrected chi connectivity index (χ2v) is 8.45. The zero-order chi connectivity index (χ0) is 20.4. The maximum Gasteiger partial charge on any atom is 0.261 e. The molecule has 0 bridgehead atoms. The first-order valence-electron chi connectivity index (χ1n) is 8.66. The molecule has 2 rings (SSSR count). The lowest BCUT2D eigenvalue weighted by Gasteiger charge is -2.10. The van der Waals surface area contributed by atoms with Crippen LogP contribution in [0.4, 0.5) is 5.69 Å². The van der Waals surface area contributed by atoms with Gasteiger partial charge in [-0.25, -0.2) is 8.42 Å². The number of hydrogen-bond donors (Lipinski definition) is 2. The lowest BCUT2D eigenvalue weighted by Crippen LogP contribution is -2.25. The Bertz CT molecular complexity index is 872. The zero-order valence-corrected chi connectivity index (χ0v) is 17.9. The molecular weight excluding hydrogens is 448 g/mol. The van der Waals surface area contributed by atoms with E-state index in [1.54, 1.807) is 43.5 Å². The lowest BCUT2D eigenvalue weighted by molar-refractivity contribution is 0.0688. The van der Waals surface area contributed by atoms with Crippen LogP contribution < -0.4 is 10.0 Å². The minimum atomic E-state index is -3.80. The fourth-order valence-corrected chi connectivity index (χ4v) is 3.63. The number of amides is 1. The number of rotatable bonds is 11. The Morgan fingerprint density at radius 2 is 1.82 bits per heavy atom. The number of methoxy groups -OCH3 is 1. The fraction of sp³-hybridized carbons (Fsp3) is 0.316. The van der Waals surface area contributed by atoms with E-state index in [4.69, 9.17) is 9.47 Å². The van der Waals surface area contributed by atoms with Crippen LogP contribution in [0.2, 0.25) is 0 Å². The van der Waals surface area contributed by atoms with Gasteiger partial charge in [0.05, 0.1) is 18.1 Å². The highest BCUT2D eigenvalue weighted by Crippen LogP contribution is 2.19. The molecule has 0 spiro atoms. The van der Waals surface area contributed by atoms with Crippen LogP contribution in [-0.4, -0.2) is 47.8 Å². The average molecular weight is 471 g/mol. The molecule has 0 aliphatic heterocycles. The molecule has 7 nitrogen and oxygen atoms in total. The zero-order valence-electron chi connectivity index (χ0n) is 15.5. The van der Waals surface area contributed by atoms with Crippen LogP contribution in [0.15, 0.2) is 57.9 Å². The Balaban J connectivity index is 1.93. The minimum absolute atomic E-state index is 0.0194. The van der Waals surface area contributed by atoms with E-state index in [-0.39, 0.29) is 16.4 Å². The quantitative estimate of drug-likeness (QED) is 0.492. The summed E-state index contributed by atoms with van der Waals surface area (Å²) in [6.45, 7) is 1.98. The topological polar surface area (TPSA) is 93.7 Å². The summed E-state index contributed by atoms with van der Waals surface area (Å²) in [5.41, 5.74) is 0.713. The maximum atomic E-state index is 12.6. The van der Waals surface area contributed by atoms with Gasteiger partial charge in [-0.05, 0) is 48.9 Å². The van der Waals surface area contributed by atoms with Gasteiger partial charge in [-0.15, -0.1) is 0 Å². The van der Waals surface area contributed by atoms with Crippen molar-refractivity contribution in [2.75, 3.05) is 38.2 Å². The Kier molecular flexibility index (Phi) is 8.91. The van der Waals surface area contributed by atoms with Gasteiger partial charge in [-0.1, -0.05) is 22.0 Å². The molecule has 0 radical (unpaired) electrons. The van der Waals surface area contributed by atoms with Crippen LogP contribution in [0.1, 0.15) is 16.8 Å². The third-order valence-electron chi connectivity index (χ3n) is 3.69. The summed E-state index contributed by atoms with van der Waals surface area (Å²) in [4.78, 5) is 12.3. The summed E-state index contributed by atoms with van der Waals surface area (Å²) in [6.07, 6.45) is 0.651. The first-order valence-corrected chi connectivity index (χ1v) is 10.9. The Labute approximate surface area is 173 Å². The van der Waals surface area contributed by atoms with Gasteiger partial charge >= 0.3 is 0 Å². The number of benzene rings is 2. The van der Waals surface area contributed by atoms with Crippen LogP contribution in [-0.2, 0) is 19.5 Å². The third kappa shape index (κ3) is 7.23. The molecule has 2 N–H and O–H groups in total. The van der Waals surface area contributed by atoms with E-state index in [9.17, 15) is 13.2 Å². The molecule has 0 atom stereocenters. The monoisotopic (exact) mass is 470 g/mol. The predicted molar refractivity (Wildman–Crippen MR) is 111 cm³/mol. The summed E-state index contributed by atoms with van der Waals surface area (Å²) < 4.78 is 38.7. The molecule has 0 aliphatic carbocycles. The van der Waals surface area contributed by atoms with E-state index < -0.39 is 10.0 Å². The van der Waals surface area contributed by atoms with Gasteiger partial charge in [0.2, 0.25) is 0 Å². The maximum absolute atomic E-state index is 12.6. The normalized spacial score (nSPS) is 11.2. The summed E-state index contributed by atoms with van der Waals surface area (Å²) in [5, 5.41) is 2.75. The molecule has 1 amide bonds. The van der Waals surface area contributed by atoms with Crippen LogP contribution in [0, 0.1) is 0 Å². The summed E-state index contributed by atoms with van der Waals surface area (Å²) in [7, 11) is -2.19. The molecule has 0 aromatic heterocycles. The van der Waals surface area contributed by atoms with Gasteiger partial charge in [0.15, 0.2) is 0 Å². The number of nitrogens with one attached hydrogen (secondary N) is 2. The predicted octanol–water partition coefficient (Wildman–Crippen LogP) is 3.03. The highest BCUT2D eigenvalue weighted by atomic mass is 79.9. The van der Waals surface area contributed by atoms with Crippen LogP contribution >= 0.6 is 15.9 Å². The number of hydrogen-bond acceptors (Lipinski definition) is 5. The molecule has 2 aromatic rings. The van der Waals surface area contributed by atoms with Crippen molar-refractivity contribution < 1.29 is 22.7 Å². The van der Waals surface area contributed by atoms with E-state index in [0.29, 0.717) is 38.5 Å². The summed E-state index contributed by atoms with van der Waals surface area (Å²) >= 11 is 3.30. The SMILES string of the molecule is COCCOCCCNC(=O)c1cccc(S(=O)(=O)Nc2ccc(Br)cc2)c1. The number of carbonyl (C=O) groups excluding carboxylic acids is 1. The number of ether oxygens (including phenoxy) is 2. The molecule has 0 saturated heterocycles. The van der Waals surface area contributed by atoms with E-state index in [1.807, 2.05) is 0 Å². The summed E-state index contributed by atoms with van der Waals surface area (Å²) in [5.74, 6) is -0.336. The number of carbonyl (C=O) groups is 1. The lowest BCUT2D eigenvalue weighted by atomic mass is 10.2. The van der Waals surface area contributed by atoms with E-state index in [2.05, 4.69) is 26.0 Å². The highest BCUT2D eigenvalue weighted by Gasteiger charge is 2.16. The molecule has 0 saturated carbocycles. The molecule has 2 aromatic carbocycles. The van der Waals surface area contributed by atoms with E-state index in [0.717, 1.165) is 4.47 Å². The van der Waals surface area contributed by atoms with Crippen molar-refractivity contribution in [2.24, 2.45) is 0 Å². The molecular formula is C19H23BrN2O5S. The first kappa shape index (κ1) is 22.4. The van der Waals surface area contributed by atoms with Crippen LogP contribution in [0.25, 0.3) is 0 Å². The van der Waals surface area contributed by atoms with Crippen molar-refractivity contribution in [1.82, 2.24) is 5.32 Å². The Morgan fingerprint density at radius 3 is 2.54 bits per heavy atom. The molecule has 9 heteroatoms. The smallest absolute Gasteiger partial charge is 0.261 e. The first-order chi connectivity index (χ1) is 13.4. The van der Waals surface area contributed by atoms with Crippen molar-refractivity contribution in [3.63, 3.8) is 0 Å². The van der Waals surface area contributed by atoms with Crippen molar-refractivity contribution in [1.29, 1.82) is 0 Å². The Hall–Kier alpha value is -1.94. The van der Waals surface area contributed by atoms with Gasteiger partial charge < -0.3 is 14.8 Å². The number of halogens is 1. The third-order valence-corrected chi connectivity index (χ3v) is 5.59. The molecule has 0 aliphatic rings. The highest BCUT2D eigenvalue weighted by molar-refractivity contribution is 9.10. The van der Waals surface area contributed by atoms with E-state index in [1.165, 1.54) is 12.1 Å². The second-order valence-electron chi connectivity index (χ2n) is 5.85. The fourth-order valence-electron chi connectivity index (χ4n) is 2.26. The van der Waals surface area contributed by atoms with Gasteiger partial charge in [-0.2, -0.15) is 0 Å². The van der Waals surface area contributed by atoms with Crippen molar-refractivity contribution in [3.8, 4) is 0 Å². The van der Waals surface area contributed by atoms with E-state index >= 15 is 0 Å². The number of sulfonamides is 1. The van der Waals surface area contributed by atoms with Gasteiger partial charge in [0, 0.05) is 36.0 Å². The average Bonchev–Trinajstić information content (AvgIpc) is 2.69. The van der Waals surface area contributed by atoms with Crippen molar-refractivity contribution in [3.05, 3.63) is 58.6 Å². The van der Waals surface area contributed by atoms with Crippen molar-refractivity contribution in [2.45, 2.75) is 11.3 Å². The summed E-state index contributed by atoms with van der Waals surface area (Å²) in [6, 6.07) is 12.7. The minimum Gasteiger partial charge on any atom is -0.382 e. The molecule has 0 fully saturated rings. The van der Waals surface area contributed by atoms with Gasteiger partial charge in [0.25, 0.3) is 15.9 Å². The Morgan fingerprint density at radius 1 is 1.07 bits per heavy atom. The van der Waals surface area contributed by atoms with Gasteiger partial charge in [-0.3, -0.25) is 9.52 Å². The van der Waals surface area contributed by atoms with Gasteiger partial charge in [0.1, 0.15) is 0 Å². The van der Waals surface area contributed by atoms with Crippen molar-refractivity contribution >= 4 is 37.5 Å². The standard InChI is InChI=1S/C19H23BrN2O5S/c1-26-12-13-27-11-3-10-21-19(23)15-4-2-5-18(14-15)28(24,25)22-17-8-6-16(20)7-9-17/h2,4-9,14,22H,3,10-13H2,1H3,(H,21,23). The second kappa shape index (κ2) is 11.2. The number of anilines is 1.